The quantitative estimate of drug-likeness (QED) is 0.762. The van der Waals surface area contributed by atoms with Gasteiger partial charge in [-0.05, 0) is 32.8 Å². The third-order valence-corrected chi connectivity index (χ3v) is 2.68. The van der Waals surface area contributed by atoms with Crippen molar-refractivity contribution in [2.75, 3.05) is 7.11 Å². The lowest BCUT2D eigenvalue weighted by molar-refractivity contribution is 0.289. The lowest BCUT2D eigenvalue weighted by Crippen LogP contribution is -2.06. The van der Waals surface area contributed by atoms with E-state index >= 15 is 0 Å². The maximum Gasteiger partial charge on any atom is 0.291 e. The molecule has 0 aromatic carbocycles. The molecule has 1 heterocycles. The summed E-state index contributed by atoms with van der Waals surface area (Å²) >= 11 is 0. The average molecular weight is 248 g/mol. The van der Waals surface area contributed by atoms with Crippen molar-refractivity contribution in [3.05, 3.63) is 45.3 Å². The molecule has 0 bridgehead atoms. The molecule has 18 heavy (non-hydrogen) atoms. The molecule has 0 N–H and O–H groups in total. The smallest absolute Gasteiger partial charge is 0.291 e. The summed E-state index contributed by atoms with van der Waals surface area (Å²) in [6.45, 7) is 7.72. The van der Waals surface area contributed by atoms with E-state index in [0.717, 1.165) is 17.6 Å². The minimum absolute atomic E-state index is 0.0713. The summed E-state index contributed by atoms with van der Waals surface area (Å²) in [5, 5.41) is 0. The Balaban J connectivity index is 3.22. The van der Waals surface area contributed by atoms with Gasteiger partial charge in [-0.3, -0.25) is 4.79 Å². The Hall–Kier alpha value is -1.77. The van der Waals surface area contributed by atoms with Crippen molar-refractivity contribution in [3.63, 3.8) is 0 Å². The second-order valence-electron chi connectivity index (χ2n) is 4.28. The summed E-state index contributed by atoms with van der Waals surface area (Å²) in [5.41, 5.74) is 2.48. The van der Waals surface area contributed by atoms with Crippen LogP contribution in [0.4, 0.5) is 0 Å². The number of hydrogen-bond acceptors (Lipinski definition) is 3. The van der Waals surface area contributed by atoms with Crippen molar-refractivity contribution in [3.8, 4) is 5.95 Å². The summed E-state index contributed by atoms with van der Waals surface area (Å²) in [7, 11) is 1.50. The van der Waals surface area contributed by atoms with Crippen LogP contribution in [0.2, 0.25) is 0 Å². The van der Waals surface area contributed by atoms with Gasteiger partial charge < -0.3 is 9.15 Å². The molecule has 0 aliphatic rings. The van der Waals surface area contributed by atoms with Crippen LogP contribution in [0.1, 0.15) is 38.5 Å². The van der Waals surface area contributed by atoms with Gasteiger partial charge in [0.25, 0.3) is 5.95 Å². The van der Waals surface area contributed by atoms with Crippen molar-refractivity contribution in [2.45, 2.75) is 34.1 Å². The Morgan fingerprint density at radius 1 is 1.44 bits per heavy atom. The molecular formula is C15H20O3. The van der Waals surface area contributed by atoms with Crippen LogP contribution >= 0.6 is 0 Å². The minimum Gasteiger partial charge on any atom is -0.468 e. The van der Waals surface area contributed by atoms with E-state index < -0.39 is 0 Å². The van der Waals surface area contributed by atoms with E-state index in [1.54, 1.807) is 6.92 Å². The van der Waals surface area contributed by atoms with Crippen LogP contribution in [0.25, 0.3) is 5.57 Å². The van der Waals surface area contributed by atoms with Gasteiger partial charge in [0.1, 0.15) is 5.76 Å². The molecule has 0 saturated carbocycles. The van der Waals surface area contributed by atoms with Gasteiger partial charge in [0.2, 0.25) is 0 Å². The van der Waals surface area contributed by atoms with Crippen LogP contribution in [0.15, 0.2) is 33.0 Å². The first-order valence-corrected chi connectivity index (χ1v) is 6.03. The summed E-state index contributed by atoms with van der Waals surface area (Å²) in [6, 6.07) is 1.50. The molecule has 0 aliphatic carbocycles. The van der Waals surface area contributed by atoms with Crippen LogP contribution in [0, 0.1) is 6.92 Å². The molecule has 3 nitrogen and oxygen atoms in total. The highest BCUT2D eigenvalue weighted by Crippen LogP contribution is 2.21. The molecule has 0 amide bonds. The highest BCUT2D eigenvalue weighted by molar-refractivity contribution is 5.62. The molecule has 1 rings (SSSR count). The SMILES string of the molecule is CCC=C(C)C=C(C)c1cc(=O)c(C)c(OC)o1. The van der Waals surface area contributed by atoms with Crippen LogP contribution in [-0.4, -0.2) is 7.11 Å². The lowest BCUT2D eigenvalue weighted by Gasteiger charge is -2.06. The highest BCUT2D eigenvalue weighted by atomic mass is 16.6. The molecular weight excluding hydrogens is 228 g/mol. The first-order chi connectivity index (χ1) is 8.49. The molecule has 3 heteroatoms. The summed E-state index contributed by atoms with van der Waals surface area (Å²) < 4.78 is 10.6. The van der Waals surface area contributed by atoms with Crippen molar-refractivity contribution in [1.82, 2.24) is 0 Å². The van der Waals surface area contributed by atoms with Gasteiger partial charge in [0.15, 0.2) is 5.43 Å². The van der Waals surface area contributed by atoms with E-state index in [9.17, 15) is 4.79 Å². The van der Waals surface area contributed by atoms with Crippen molar-refractivity contribution >= 4 is 5.57 Å². The number of rotatable bonds is 4. The number of ether oxygens (including phenoxy) is 1. The van der Waals surface area contributed by atoms with Crippen LogP contribution in [-0.2, 0) is 0 Å². The third kappa shape index (κ3) is 3.36. The fraction of sp³-hybridized carbons (Fsp3) is 0.400. The fourth-order valence-electron chi connectivity index (χ4n) is 1.72. The summed E-state index contributed by atoms with van der Waals surface area (Å²) in [5.74, 6) is 0.827. The molecule has 0 unspecified atom stereocenters. The largest absolute Gasteiger partial charge is 0.468 e. The second kappa shape index (κ2) is 6.24. The Labute approximate surface area is 108 Å². The summed E-state index contributed by atoms with van der Waals surface area (Å²) in [6.07, 6.45) is 5.10. The van der Waals surface area contributed by atoms with Crippen LogP contribution in [0.3, 0.4) is 0 Å². The van der Waals surface area contributed by atoms with Crippen molar-refractivity contribution < 1.29 is 9.15 Å². The number of allylic oxidation sites excluding steroid dienone is 4. The van der Waals surface area contributed by atoms with Gasteiger partial charge in [0, 0.05) is 6.07 Å². The van der Waals surface area contributed by atoms with E-state index in [4.69, 9.17) is 9.15 Å². The number of hydrogen-bond donors (Lipinski definition) is 0. The predicted molar refractivity (Wildman–Crippen MR) is 74.0 cm³/mol. The predicted octanol–water partition coefficient (Wildman–Crippen LogP) is 3.72. The Morgan fingerprint density at radius 2 is 2.11 bits per heavy atom. The monoisotopic (exact) mass is 248 g/mol. The first-order valence-electron chi connectivity index (χ1n) is 6.03. The summed E-state index contributed by atoms with van der Waals surface area (Å²) in [4.78, 5) is 11.8. The van der Waals surface area contributed by atoms with E-state index in [1.807, 2.05) is 19.9 Å². The van der Waals surface area contributed by atoms with Gasteiger partial charge in [-0.15, -0.1) is 0 Å². The molecule has 0 atom stereocenters. The zero-order chi connectivity index (χ0) is 13.7. The van der Waals surface area contributed by atoms with E-state index in [0.29, 0.717) is 11.3 Å². The molecule has 0 spiro atoms. The maximum absolute atomic E-state index is 11.8. The Kier molecular flexibility index (Phi) is 4.95. The topological polar surface area (TPSA) is 39.4 Å². The normalized spacial score (nSPS) is 12.7. The van der Waals surface area contributed by atoms with E-state index in [-0.39, 0.29) is 11.4 Å². The third-order valence-electron chi connectivity index (χ3n) is 2.68. The lowest BCUT2D eigenvalue weighted by atomic mass is 10.1. The number of methoxy groups -OCH3 is 1. The van der Waals surface area contributed by atoms with Crippen LogP contribution < -0.4 is 10.2 Å². The van der Waals surface area contributed by atoms with Gasteiger partial charge in [-0.2, -0.15) is 0 Å². The zero-order valence-corrected chi connectivity index (χ0v) is 11.7. The zero-order valence-electron chi connectivity index (χ0n) is 11.7. The molecule has 0 aliphatic heterocycles. The average Bonchev–Trinajstić information content (AvgIpc) is 2.32. The first kappa shape index (κ1) is 14.3. The minimum atomic E-state index is -0.0713. The Morgan fingerprint density at radius 3 is 2.67 bits per heavy atom. The molecule has 0 saturated heterocycles. The van der Waals surface area contributed by atoms with Crippen LogP contribution in [0.5, 0.6) is 5.95 Å². The van der Waals surface area contributed by atoms with Gasteiger partial charge >= 0.3 is 0 Å². The van der Waals surface area contributed by atoms with Gasteiger partial charge in [0.05, 0.1) is 12.7 Å². The molecule has 1 aromatic rings. The second-order valence-corrected chi connectivity index (χ2v) is 4.28. The van der Waals surface area contributed by atoms with Gasteiger partial charge in [-0.1, -0.05) is 24.6 Å². The van der Waals surface area contributed by atoms with E-state index in [2.05, 4.69) is 13.0 Å². The maximum atomic E-state index is 11.8. The Bertz CT molecular complexity index is 533. The van der Waals surface area contributed by atoms with Gasteiger partial charge in [-0.25, -0.2) is 0 Å². The highest BCUT2D eigenvalue weighted by Gasteiger charge is 2.09. The van der Waals surface area contributed by atoms with E-state index in [1.165, 1.54) is 13.2 Å². The van der Waals surface area contributed by atoms with Crippen molar-refractivity contribution in [1.29, 1.82) is 0 Å². The molecule has 0 radical (unpaired) electrons. The van der Waals surface area contributed by atoms with Crippen molar-refractivity contribution in [2.24, 2.45) is 0 Å². The standard InChI is InChI=1S/C15H20O3/c1-6-7-10(2)8-11(3)14-9-13(16)12(4)15(17-5)18-14/h7-9H,6H2,1-5H3. The molecule has 0 fully saturated rings. The molecule has 98 valence electrons. The fourth-order valence-corrected chi connectivity index (χ4v) is 1.72. The molecule has 1 aromatic heterocycles.